The van der Waals surface area contributed by atoms with E-state index in [4.69, 9.17) is 4.74 Å². The first-order valence-electron chi connectivity index (χ1n) is 8.58. The molecule has 20 heavy (non-hydrogen) atoms. The number of ether oxygens (including phenoxy) is 1. The second kappa shape index (κ2) is 5.58. The van der Waals surface area contributed by atoms with Crippen LogP contribution in [0.15, 0.2) is 0 Å². The van der Waals surface area contributed by atoms with Crippen molar-refractivity contribution >= 4 is 0 Å². The molecule has 3 nitrogen and oxygen atoms in total. The Morgan fingerprint density at radius 3 is 2.55 bits per heavy atom. The normalized spacial score (nSPS) is 43.4. The molecule has 3 heteroatoms. The topological polar surface area (TPSA) is 24.5 Å². The standard InChI is InChI=1S/C17H32N2O/c1-12(2)15-10-18-17(3,13-8-9-13)11-19(15)14-6-5-7-16(14)20-4/h12-16,18H,5-11H2,1-4H3. The average Bonchev–Trinajstić information content (AvgIpc) is 3.17. The maximum absolute atomic E-state index is 5.79. The third-order valence-electron chi connectivity index (χ3n) is 6.05. The van der Waals surface area contributed by atoms with Gasteiger partial charge in [-0.2, -0.15) is 0 Å². The average molecular weight is 280 g/mol. The summed E-state index contributed by atoms with van der Waals surface area (Å²) in [5.41, 5.74) is 0.340. The Bertz CT molecular complexity index is 342. The Labute approximate surface area is 124 Å². The van der Waals surface area contributed by atoms with Crippen molar-refractivity contribution in [2.24, 2.45) is 11.8 Å². The highest BCUT2D eigenvalue weighted by Crippen LogP contribution is 2.43. The quantitative estimate of drug-likeness (QED) is 0.857. The van der Waals surface area contributed by atoms with Crippen LogP contribution in [0.2, 0.25) is 0 Å². The first kappa shape index (κ1) is 14.8. The number of hydrogen-bond acceptors (Lipinski definition) is 3. The molecule has 116 valence electrons. The van der Waals surface area contributed by atoms with E-state index in [1.807, 2.05) is 7.11 Å². The van der Waals surface area contributed by atoms with E-state index in [1.54, 1.807) is 0 Å². The summed E-state index contributed by atoms with van der Waals surface area (Å²) in [5.74, 6) is 1.62. The minimum atomic E-state index is 0.340. The third kappa shape index (κ3) is 2.65. The SMILES string of the molecule is COC1CCCC1N1CC(C)(C2CC2)NCC1C(C)C. The zero-order valence-electron chi connectivity index (χ0n) is 13.7. The second-order valence-corrected chi connectivity index (χ2v) is 7.83. The maximum atomic E-state index is 5.79. The molecule has 0 bridgehead atoms. The smallest absolute Gasteiger partial charge is 0.0726 e. The fourth-order valence-corrected chi connectivity index (χ4v) is 4.54. The molecule has 2 saturated carbocycles. The van der Waals surface area contributed by atoms with Crippen LogP contribution < -0.4 is 5.32 Å². The predicted molar refractivity (Wildman–Crippen MR) is 82.9 cm³/mol. The van der Waals surface area contributed by atoms with E-state index < -0.39 is 0 Å². The number of nitrogens with zero attached hydrogens (tertiary/aromatic N) is 1. The van der Waals surface area contributed by atoms with Crippen molar-refractivity contribution in [2.45, 2.75) is 76.6 Å². The molecule has 0 amide bonds. The molecule has 4 atom stereocenters. The van der Waals surface area contributed by atoms with Gasteiger partial charge in [-0.3, -0.25) is 4.90 Å². The lowest BCUT2D eigenvalue weighted by atomic mass is 9.86. The van der Waals surface area contributed by atoms with Crippen molar-refractivity contribution in [1.29, 1.82) is 0 Å². The molecular formula is C17H32N2O. The zero-order valence-corrected chi connectivity index (χ0v) is 13.7. The van der Waals surface area contributed by atoms with Gasteiger partial charge in [0, 0.05) is 37.8 Å². The van der Waals surface area contributed by atoms with Crippen molar-refractivity contribution in [3.8, 4) is 0 Å². The van der Waals surface area contributed by atoms with Gasteiger partial charge >= 0.3 is 0 Å². The Hall–Kier alpha value is -0.120. The third-order valence-corrected chi connectivity index (χ3v) is 6.05. The van der Waals surface area contributed by atoms with Crippen LogP contribution in [0.3, 0.4) is 0 Å². The highest BCUT2D eigenvalue weighted by atomic mass is 16.5. The first-order chi connectivity index (χ1) is 9.55. The lowest BCUT2D eigenvalue weighted by Gasteiger charge is -2.51. The second-order valence-electron chi connectivity index (χ2n) is 7.83. The van der Waals surface area contributed by atoms with E-state index in [0.717, 1.165) is 12.5 Å². The Kier molecular flexibility index (Phi) is 4.13. The van der Waals surface area contributed by atoms with Crippen LogP contribution in [-0.4, -0.2) is 48.8 Å². The largest absolute Gasteiger partial charge is 0.380 e. The highest BCUT2D eigenvalue weighted by Gasteiger charge is 2.49. The molecule has 1 saturated heterocycles. The molecule has 1 N–H and O–H groups in total. The van der Waals surface area contributed by atoms with E-state index in [9.17, 15) is 0 Å². The Morgan fingerprint density at radius 2 is 1.95 bits per heavy atom. The molecule has 0 spiro atoms. The summed E-state index contributed by atoms with van der Waals surface area (Å²) in [4.78, 5) is 2.82. The number of piperazine rings is 1. The molecule has 0 aromatic heterocycles. The molecule has 0 radical (unpaired) electrons. The van der Waals surface area contributed by atoms with Crippen LogP contribution in [0, 0.1) is 11.8 Å². The molecule has 0 aromatic rings. The van der Waals surface area contributed by atoms with Crippen molar-refractivity contribution in [1.82, 2.24) is 10.2 Å². The van der Waals surface area contributed by atoms with Gasteiger partial charge in [-0.1, -0.05) is 13.8 Å². The number of hydrogen-bond donors (Lipinski definition) is 1. The fraction of sp³-hybridized carbons (Fsp3) is 1.00. The van der Waals surface area contributed by atoms with E-state index in [2.05, 4.69) is 31.0 Å². The minimum Gasteiger partial charge on any atom is -0.380 e. The van der Waals surface area contributed by atoms with Crippen molar-refractivity contribution < 1.29 is 4.74 Å². The molecule has 4 unspecified atom stereocenters. The lowest BCUT2D eigenvalue weighted by Crippen LogP contribution is -2.68. The molecule has 3 rings (SSSR count). The summed E-state index contributed by atoms with van der Waals surface area (Å²) < 4.78 is 5.79. The number of methoxy groups -OCH3 is 1. The van der Waals surface area contributed by atoms with Gasteiger partial charge < -0.3 is 10.1 Å². The zero-order chi connectivity index (χ0) is 14.3. The summed E-state index contributed by atoms with van der Waals surface area (Å²) >= 11 is 0. The molecule has 0 aromatic carbocycles. The van der Waals surface area contributed by atoms with Crippen LogP contribution >= 0.6 is 0 Å². The minimum absolute atomic E-state index is 0.340. The predicted octanol–water partition coefficient (Wildman–Crippen LogP) is 2.65. The van der Waals surface area contributed by atoms with Crippen LogP contribution in [0.5, 0.6) is 0 Å². The van der Waals surface area contributed by atoms with Gasteiger partial charge in [-0.15, -0.1) is 0 Å². The first-order valence-corrected chi connectivity index (χ1v) is 8.58. The fourth-order valence-electron chi connectivity index (χ4n) is 4.54. The van der Waals surface area contributed by atoms with Gasteiger partial charge in [-0.25, -0.2) is 0 Å². The van der Waals surface area contributed by atoms with Crippen LogP contribution in [0.4, 0.5) is 0 Å². The molecule has 2 aliphatic carbocycles. The summed E-state index contributed by atoms with van der Waals surface area (Å²) in [6, 6.07) is 1.31. The molecule has 3 fully saturated rings. The molecule has 1 aliphatic heterocycles. The summed E-state index contributed by atoms with van der Waals surface area (Å²) in [6.45, 7) is 9.55. The van der Waals surface area contributed by atoms with Crippen molar-refractivity contribution in [3.05, 3.63) is 0 Å². The van der Waals surface area contributed by atoms with E-state index >= 15 is 0 Å². The monoisotopic (exact) mass is 280 g/mol. The molecular weight excluding hydrogens is 248 g/mol. The summed E-state index contributed by atoms with van der Waals surface area (Å²) in [6.07, 6.45) is 7.19. The van der Waals surface area contributed by atoms with Gasteiger partial charge in [-0.05, 0) is 50.9 Å². The van der Waals surface area contributed by atoms with Gasteiger partial charge in [0.15, 0.2) is 0 Å². The van der Waals surface area contributed by atoms with Gasteiger partial charge in [0.1, 0.15) is 0 Å². The summed E-state index contributed by atoms with van der Waals surface area (Å²) in [5, 5.41) is 3.89. The maximum Gasteiger partial charge on any atom is 0.0726 e. The number of rotatable bonds is 4. The van der Waals surface area contributed by atoms with Crippen molar-refractivity contribution in [3.63, 3.8) is 0 Å². The van der Waals surface area contributed by atoms with Gasteiger partial charge in [0.2, 0.25) is 0 Å². The van der Waals surface area contributed by atoms with E-state index in [0.29, 0.717) is 29.6 Å². The van der Waals surface area contributed by atoms with Crippen LogP contribution in [0.1, 0.15) is 52.9 Å². The Morgan fingerprint density at radius 1 is 1.20 bits per heavy atom. The summed E-state index contributed by atoms with van der Waals surface area (Å²) in [7, 11) is 1.90. The van der Waals surface area contributed by atoms with E-state index in [1.165, 1.54) is 38.6 Å². The van der Waals surface area contributed by atoms with Gasteiger partial charge in [0.05, 0.1) is 6.10 Å². The lowest BCUT2D eigenvalue weighted by molar-refractivity contribution is -0.0333. The van der Waals surface area contributed by atoms with E-state index in [-0.39, 0.29) is 0 Å². The number of nitrogens with one attached hydrogen (secondary N) is 1. The molecule has 3 aliphatic rings. The van der Waals surface area contributed by atoms with Gasteiger partial charge in [0.25, 0.3) is 0 Å². The molecule has 1 heterocycles. The van der Waals surface area contributed by atoms with Crippen molar-refractivity contribution in [2.75, 3.05) is 20.2 Å². The van der Waals surface area contributed by atoms with Crippen LogP contribution in [0.25, 0.3) is 0 Å². The Balaban J connectivity index is 1.78. The highest BCUT2D eigenvalue weighted by molar-refractivity contribution is 5.06. The van der Waals surface area contributed by atoms with Crippen LogP contribution in [-0.2, 0) is 4.74 Å².